The first-order chi connectivity index (χ1) is 35.9. The van der Waals surface area contributed by atoms with Gasteiger partial charge in [0, 0.05) is 33.8 Å². The maximum atomic E-state index is 15.9. The van der Waals surface area contributed by atoms with Gasteiger partial charge in [-0.05, 0) is 77.3 Å². The second-order valence-electron chi connectivity index (χ2n) is 16.8. The number of thiophene rings is 2. The summed E-state index contributed by atoms with van der Waals surface area (Å²) in [6.07, 6.45) is 1.30. The Bertz CT molecular complexity index is 3330. The van der Waals surface area contributed by atoms with Crippen LogP contribution in [0.25, 0.3) is 15.0 Å². The molecule has 2 aliphatic heterocycles. The minimum absolute atomic E-state index is 0.0508. The van der Waals surface area contributed by atoms with Crippen LogP contribution >= 0.6 is 70.6 Å². The highest BCUT2D eigenvalue weighted by Gasteiger charge is 2.71. The molecule has 0 saturated carbocycles. The number of nitrogens with zero attached hydrogens (tertiary/aromatic N) is 4. The molecule has 0 bridgehead atoms. The van der Waals surface area contributed by atoms with E-state index >= 15 is 19.2 Å². The number of hydrogen-bond acceptors (Lipinski definition) is 18. The third kappa shape index (κ3) is 8.91. The first-order valence-electron chi connectivity index (χ1n) is 23.0. The van der Waals surface area contributed by atoms with Crippen LogP contribution in [0.5, 0.6) is 0 Å². The van der Waals surface area contributed by atoms with Gasteiger partial charge in [-0.1, -0.05) is 146 Å². The molecule has 4 aromatic carbocycles. The van der Waals surface area contributed by atoms with E-state index in [1.54, 1.807) is 141 Å². The summed E-state index contributed by atoms with van der Waals surface area (Å²) in [6, 6.07) is 37.0. The van der Waals surface area contributed by atoms with Crippen molar-refractivity contribution in [3.8, 4) is 0 Å². The number of allylic oxidation sites excluding steroid dienone is 1. The first-order valence-corrected chi connectivity index (χ1v) is 27.1. The molecule has 14 nitrogen and oxygen atoms in total. The average molecular weight is 1100 g/mol. The summed E-state index contributed by atoms with van der Waals surface area (Å²) < 4.78 is 26.2. The van der Waals surface area contributed by atoms with Crippen molar-refractivity contribution in [2.24, 2.45) is 15.4 Å². The fourth-order valence-corrected chi connectivity index (χ4v) is 14.3. The molecule has 2 fully saturated rings. The monoisotopic (exact) mass is 1100 g/mol. The third-order valence-corrected chi connectivity index (χ3v) is 17.5. The summed E-state index contributed by atoms with van der Waals surface area (Å²) in [7, 11) is 0. The lowest BCUT2D eigenvalue weighted by Crippen LogP contribution is -2.46. The van der Waals surface area contributed by atoms with Crippen LogP contribution in [0.4, 0.5) is 5.00 Å². The van der Waals surface area contributed by atoms with E-state index in [2.05, 4.69) is 0 Å². The van der Waals surface area contributed by atoms with Crippen LogP contribution in [0.2, 0.25) is 0 Å². The number of thiocarbonyl (C=S) groups is 2. The summed E-state index contributed by atoms with van der Waals surface area (Å²) in [5.74, 6) is -5.50. The second kappa shape index (κ2) is 21.1. The molecule has 0 unspecified atom stereocenters. The molecule has 0 N–H and O–H groups in total. The summed E-state index contributed by atoms with van der Waals surface area (Å²) in [5, 5.41) is 0.293. The number of carbonyl (C=O) groups excluding carboxylic acids is 6. The third-order valence-electron chi connectivity index (χ3n) is 12.5. The van der Waals surface area contributed by atoms with Crippen molar-refractivity contribution in [1.29, 1.82) is 0 Å². The first kappa shape index (κ1) is 50.6. The van der Waals surface area contributed by atoms with Gasteiger partial charge in [0.15, 0.2) is 10.1 Å². The Labute approximate surface area is 451 Å². The zero-order valence-corrected chi connectivity index (χ0v) is 44.2. The molecule has 372 valence electrons. The number of benzene rings is 4. The highest BCUT2D eigenvalue weighted by atomic mass is 32.2. The van der Waals surface area contributed by atoms with Crippen molar-refractivity contribution in [2.45, 2.75) is 45.7 Å². The summed E-state index contributed by atoms with van der Waals surface area (Å²) in [6.45, 7) is 2.84. The molecular formula is C54H40N4O10S6. The van der Waals surface area contributed by atoms with Gasteiger partial charge in [-0.15, -0.1) is 22.7 Å². The van der Waals surface area contributed by atoms with Crippen LogP contribution in [-0.4, -0.2) is 77.3 Å². The molecule has 20 heteroatoms. The number of carbonyl (C=O) groups is 6. The van der Waals surface area contributed by atoms with Crippen LogP contribution in [0.15, 0.2) is 155 Å². The number of fused-ring (bicyclic) bond motifs is 4. The SMILES string of the molecule is CCN1C(=O)/C(=N/C2=CC3=C(c4sc5cc(/N=C6\SC(=S)N(CC)C6=O)sc5c4C3(C(=O)OCc3ccccc3)C(=O)OCc3ccccc3)C2(C(=O)OCc2ccccc2)C(=O)OCc2ccccc2)SC1=S. The predicted molar refractivity (Wildman–Crippen MR) is 293 cm³/mol. The molecule has 4 aliphatic rings. The average Bonchev–Trinajstić information content (AvgIpc) is 4.31. The molecule has 74 heavy (non-hydrogen) atoms. The molecule has 0 atom stereocenters. The molecular weight excluding hydrogens is 1060 g/mol. The minimum Gasteiger partial charge on any atom is -0.459 e. The van der Waals surface area contributed by atoms with Gasteiger partial charge in [-0.25, -0.2) is 9.98 Å². The van der Waals surface area contributed by atoms with Gasteiger partial charge in [-0.2, -0.15) is 0 Å². The summed E-state index contributed by atoms with van der Waals surface area (Å²) >= 11 is 15.1. The fourth-order valence-electron chi connectivity index (χ4n) is 8.92. The van der Waals surface area contributed by atoms with Gasteiger partial charge in [0.05, 0.1) is 10.4 Å². The maximum Gasteiger partial charge on any atom is 0.334 e. The molecule has 2 saturated heterocycles. The standard InChI is InChI=1S/C54H40N4O10S6/c1-3-57-45(59)43(73-51(57)69)55-37-25-35-39(54(37,49(63)67-29-33-21-13-7-14-22-33)50(64)68-30-34-23-15-8-16-24-34)42-40(41-36(71-42)26-38(72-41)56-44-46(60)58(4-2)52(70)74-44)53(35,47(61)65-27-31-17-9-5-10-18-31)48(62)66-28-32-19-11-6-12-20-32/h5-26H,3-4,27-30H2,1-2H3/b55-43-,56-44-. The van der Waals surface area contributed by atoms with Crippen molar-refractivity contribution in [2.75, 3.05) is 13.1 Å². The zero-order chi connectivity index (χ0) is 51.7. The van der Waals surface area contributed by atoms with Gasteiger partial charge in [0.25, 0.3) is 11.8 Å². The van der Waals surface area contributed by atoms with Gasteiger partial charge in [0.1, 0.15) is 40.1 Å². The van der Waals surface area contributed by atoms with E-state index in [9.17, 15) is 9.59 Å². The van der Waals surface area contributed by atoms with Crippen LogP contribution in [0, 0.1) is 5.41 Å². The molecule has 10 rings (SSSR count). The van der Waals surface area contributed by atoms with Crippen molar-refractivity contribution in [3.05, 3.63) is 177 Å². The summed E-state index contributed by atoms with van der Waals surface area (Å²) in [4.78, 5) is 103. The number of rotatable bonds is 16. The van der Waals surface area contributed by atoms with E-state index in [1.807, 2.05) is 0 Å². The van der Waals surface area contributed by atoms with Gasteiger partial charge < -0.3 is 18.9 Å². The Kier molecular flexibility index (Phi) is 14.4. The lowest BCUT2D eigenvalue weighted by molar-refractivity contribution is -0.167. The van der Waals surface area contributed by atoms with E-state index in [4.69, 9.17) is 53.4 Å². The molecule has 0 spiro atoms. The number of ether oxygens (including phenoxy) is 4. The smallest absolute Gasteiger partial charge is 0.334 e. The van der Waals surface area contributed by atoms with Crippen LogP contribution in [0.1, 0.15) is 46.5 Å². The highest BCUT2D eigenvalue weighted by Crippen LogP contribution is 2.66. The normalized spacial score (nSPS) is 17.6. The molecule has 2 aliphatic carbocycles. The Morgan fingerprint density at radius 1 is 0.554 bits per heavy atom. The van der Waals surface area contributed by atoms with E-state index in [-0.39, 0.29) is 80.6 Å². The van der Waals surface area contributed by atoms with E-state index in [0.29, 0.717) is 47.5 Å². The number of esters is 4. The van der Waals surface area contributed by atoms with Crippen molar-refractivity contribution >= 4 is 145 Å². The number of amides is 2. The van der Waals surface area contributed by atoms with E-state index < -0.39 is 40.6 Å². The lowest BCUT2D eigenvalue weighted by atomic mass is 9.77. The van der Waals surface area contributed by atoms with Gasteiger partial charge in [-0.3, -0.25) is 38.6 Å². The Hall–Kier alpha value is -6.94. The van der Waals surface area contributed by atoms with Gasteiger partial charge >= 0.3 is 23.9 Å². The Morgan fingerprint density at radius 2 is 0.946 bits per heavy atom. The van der Waals surface area contributed by atoms with Gasteiger partial charge in [0.2, 0.25) is 10.8 Å². The molecule has 6 aromatic rings. The van der Waals surface area contributed by atoms with E-state index in [0.717, 1.165) is 46.2 Å². The van der Waals surface area contributed by atoms with Crippen LogP contribution in [0.3, 0.4) is 0 Å². The quantitative estimate of drug-likeness (QED) is 0.0388. The molecule has 0 radical (unpaired) electrons. The van der Waals surface area contributed by atoms with Crippen LogP contribution < -0.4 is 0 Å². The van der Waals surface area contributed by atoms with Crippen molar-refractivity contribution < 1.29 is 47.7 Å². The highest BCUT2D eigenvalue weighted by molar-refractivity contribution is 8.35. The van der Waals surface area contributed by atoms with Crippen molar-refractivity contribution in [1.82, 2.24) is 9.80 Å². The number of hydrogen-bond donors (Lipinski definition) is 0. The molecule has 2 amide bonds. The predicted octanol–water partition coefficient (Wildman–Crippen LogP) is 10.0. The Balaban J connectivity index is 1.25. The Morgan fingerprint density at radius 3 is 1.34 bits per heavy atom. The maximum absolute atomic E-state index is 15.9. The zero-order valence-electron chi connectivity index (χ0n) is 39.3. The second-order valence-corrected chi connectivity index (χ2v) is 22.1. The fraction of sp³-hybridized carbons (Fsp3) is 0.185. The molecule has 2 aromatic heterocycles. The van der Waals surface area contributed by atoms with E-state index in [1.165, 1.54) is 15.9 Å². The molecule has 4 heterocycles. The lowest BCUT2D eigenvalue weighted by Gasteiger charge is -2.29. The summed E-state index contributed by atoms with van der Waals surface area (Å²) in [5.41, 5.74) is -3.62. The number of thioether (sulfide) groups is 2. The van der Waals surface area contributed by atoms with Crippen molar-refractivity contribution in [3.63, 3.8) is 0 Å². The largest absolute Gasteiger partial charge is 0.459 e. The number of aliphatic imine (C=N–C) groups is 2. The minimum atomic E-state index is -2.72. The van der Waals surface area contributed by atoms with Crippen LogP contribution in [-0.2, 0) is 79.6 Å². The topological polar surface area (TPSA) is 171 Å².